The van der Waals surface area contributed by atoms with Crippen LogP contribution in [0.1, 0.15) is 5.56 Å². The van der Waals surface area contributed by atoms with Gasteiger partial charge in [-0.3, -0.25) is 20.2 Å². The summed E-state index contributed by atoms with van der Waals surface area (Å²) in [5.41, 5.74) is -0.0878. The van der Waals surface area contributed by atoms with Crippen LogP contribution in [0.15, 0.2) is 41.3 Å². The number of benzene rings is 2. The number of nitro groups is 2. The Kier molecular flexibility index (Phi) is 5.38. The Labute approximate surface area is 157 Å². The number of non-ortho nitro benzene ring substituents is 1. The van der Waals surface area contributed by atoms with E-state index in [9.17, 15) is 28.6 Å². The third-order valence-corrected chi connectivity index (χ3v) is 6.97. The Morgan fingerprint density at radius 3 is 1.96 bits per heavy atom. The molecular formula is C16H18N2O7SSi. The molecule has 11 heteroatoms. The SMILES string of the molecule is Cc1cc([N+](=O)[O-])c(OS(=O)(=O)c2ccc([N+](=O)[O-])cc2)c([Si](C)(C)C)c1. The summed E-state index contributed by atoms with van der Waals surface area (Å²) in [4.78, 5) is 20.5. The van der Waals surface area contributed by atoms with Gasteiger partial charge in [0.05, 0.1) is 17.9 Å². The van der Waals surface area contributed by atoms with Crippen LogP contribution >= 0.6 is 0 Å². The van der Waals surface area contributed by atoms with Crippen LogP contribution in [0.25, 0.3) is 0 Å². The van der Waals surface area contributed by atoms with Gasteiger partial charge < -0.3 is 4.18 Å². The van der Waals surface area contributed by atoms with E-state index in [1.54, 1.807) is 13.0 Å². The smallest absolute Gasteiger partial charge is 0.339 e. The topological polar surface area (TPSA) is 130 Å². The Morgan fingerprint density at radius 1 is 0.963 bits per heavy atom. The predicted octanol–water partition coefficient (Wildman–Crippen LogP) is 3.12. The zero-order valence-electron chi connectivity index (χ0n) is 15.1. The van der Waals surface area contributed by atoms with Gasteiger partial charge >= 0.3 is 15.8 Å². The van der Waals surface area contributed by atoms with Crippen molar-refractivity contribution >= 4 is 34.8 Å². The molecule has 27 heavy (non-hydrogen) atoms. The minimum absolute atomic E-state index is 0.280. The maximum absolute atomic E-state index is 12.6. The third kappa shape index (κ3) is 4.49. The summed E-state index contributed by atoms with van der Waals surface area (Å²) in [6.07, 6.45) is 0. The van der Waals surface area contributed by atoms with E-state index >= 15 is 0 Å². The number of aryl methyl sites for hydroxylation is 1. The van der Waals surface area contributed by atoms with Crippen molar-refractivity contribution in [2.24, 2.45) is 0 Å². The van der Waals surface area contributed by atoms with Crippen molar-refractivity contribution < 1.29 is 22.4 Å². The standard InChI is InChI=1S/C16H18N2O7SSi/c1-11-9-14(18(21)22)16(15(10-11)27(2,3)4)25-26(23,24)13-7-5-12(6-8-13)17(19)20/h5-10H,1-4H3. The van der Waals surface area contributed by atoms with Crippen molar-refractivity contribution in [3.63, 3.8) is 0 Å². The normalized spacial score (nSPS) is 11.9. The lowest BCUT2D eigenvalue weighted by Crippen LogP contribution is -2.39. The molecule has 0 N–H and O–H groups in total. The average molecular weight is 410 g/mol. The molecule has 0 atom stereocenters. The average Bonchev–Trinajstić information content (AvgIpc) is 2.54. The number of nitro benzene ring substituents is 2. The highest BCUT2D eigenvalue weighted by atomic mass is 32.2. The zero-order valence-corrected chi connectivity index (χ0v) is 16.9. The summed E-state index contributed by atoms with van der Waals surface area (Å²) < 4.78 is 30.4. The van der Waals surface area contributed by atoms with Crippen LogP contribution in [-0.4, -0.2) is 26.3 Å². The first-order valence-electron chi connectivity index (χ1n) is 7.81. The highest BCUT2D eigenvalue weighted by Crippen LogP contribution is 2.31. The highest BCUT2D eigenvalue weighted by molar-refractivity contribution is 7.87. The lowest BCUT2D eigenvalue weighted by Gasteiger charge is -2.21. The first kappa shape index (κ1) is 20.5. The number of hydrogen-bond acceptors (Lipinski definition) is 7. The molecule has 9 nitrogen and oxygen atoms in total. The largest absolute Gasteiger partial charge is 0.372 e. The van der Waals surface area contributed by atoms with Gasteiger partial charge in [0, 0.05) is 18.2 Å². The summed E-state index contributed by atoms with van der Waals surface area (Å²) in [6.45, 7) is 7.43. The Hall–Kier alpha value is -2.79. The van der Waals surface area contributed by atoms with Crippen LogP contribution in [0.2, 0.25) is 19.6 Å². The van der Waals surface area contributed by atoms with E-state index < -0.39 is 33.7 Å². The zero-order chi connectivity index (χ0) is 20.6. The molecule has 0 aromatic heterocycles. The molecule has 0 radical (unpaired) electrons. The van der Waals surface area contributed by atoms with Crippen molar-refractivity contribution in [1.29, 1.82) is 0 Å². The molecule has 0 saturated carbocycles. The van der Waals surface area contributed by atoms with Crippen LogP contribution in [0.4, 0.5) is 11.4 Å². The van der Waals surface area contributed by atoms with Gasteiger partial charge in [-0.1, -0.05) is 25.7 Å². The molecule has 0 bridgehead atoms. The van der Waals surface area contributed by atoms with Gasteiger partial charge in [0.15, 0.2) is 0 Å². The molecule has 0 fully saturated rings. The van der Waals surface area contributed by atoms with E-state index in [0.29, 0.717) is 10.8 Å². The van der Waals surface area contributed by atoms with E-state index in [4.69, 9.17) is 4.18 Å². The summed E-state index contributed by atoms with van der Waals surface area (Å²) in [7, 11) is -6.61. The summed E-state index contributed by atoms with van der Waals surface area (Å²) in [5, 5.41) is 22.7. The van der Waals surface area contributed by atoms with Crippen LogP contribution < -0.4 is 9.37 Å². The lowest BCUT2D eigenvalue weighted by molar-refractivity contribution is -0.385. The fourth-order valence-corrected chi connectivity index (χ4v) is 4.98. The molecule has 0 heterocycles. The minimum Gasteiger partial charge on any atom is -0.372 e. The second kappa shape index (κ2) is 7.08. The molecular weight excluding hydrogens is 392 g/mol. The maximum Gasteiger partial charge on any atom is 0.339 e. The van der Waals surface area contributed by atoms with E-state index in [1.807, 2.05) is 19.6 Å². The molecule has 0 aliphatic carbocycles. The van der Waals surface area contributed by atoms with E-state index in [2.05, 4.69) is 0 Å². The van der Waals surface area contributed by atoms with Gasteiger partial charge in [-0.05, 0) is 29.8 Å². The lowest BCUT2D eigenvalue weighted by atomic mass is 10.2. The molecule has 2 aromatic rings. The molecule has 0 amide bonds. The van der Waals surface area contributed by atoms with Gasteiger partial charge in [0.2, 0.25) is 5.75 Å². The quantitative estimate of drug-likeness (QED) is 0.309. The number of nitrogens with zero attached hydrogens (tertiary/aromatic N) is 2. The minimum atomic E-state index is -4.41. The second-order valence-electron chi connectivity index (χ2n) is 6.96. The predicted molar refractivity (Wildman–Crippen MR) is 102 cm³/mol. The molecule has 0 aliphatic rings. The molecule has 2 aromatic carbocycles. The van der Waals surface area contributed by atoms with Gasteiger partial charge in [-0.2, -0.15) is 8.42 Å². The van der Waals surface area contributed by atoms with Crippen molar-refractivity contribution in [2.75, 3.05) is 0 Å². The van der Waals surface area contributed by atoms with Crippen molar-refractivity contribution in [3.8, 4) is 5.75 Å². The first-order chi connectivity index (χ1) is 12.3. The van der Waals surface area contributed by atoms with Crippen LogP contribution in [-0.2, 0) is 10.1 Å². The van der Waals surface area contributed by atoms with E-state index in [0.717, 1.165) is 24.3 Å². The van der Waals surface area contributed by atoms with Crippen molar-refractivity contribution in [3.05, 3.63) is 62.2 Å². The van der Waals surface area contributed by atoms with Crippen LogP contribution in [0, 0.1) is 27.2 Å². The first-order valence-corrected chi connectivity index (χ1v) is 12.7. The van der Waals surface area contributed by atoms with E-state index in [1.165, 1.54) is 6.07 Å². The fraction of sp³-hybridized carbons (Fsp3) is 0.250. The second-order valence-corrected chi connectivity index (χ2v) is 13.5. The summed E-state index contributed by atoms with van der Waals surface area (Å²) in [5.74, 6) is -0.303. The van der Waals surface area contributed by atoms with Crippen molar-refractivity contribution in [1.82, 2.24) is 0 Å². The molecule has 2 rings (SSSR count). The monoisotopic (exact) mass is 410 g/mol. The fourth-order valence-electron chi connectivity index (χ4n) is 2.43. The van der Waals surface area contributed by atoms with Gasteiger partial charge in [0.25, 0.3) is 5.69 Å². The van der Waals surface area contributed by atoms with Gasteiger partial charge in [0.1, 0.15) is 4.90 Å². The molecule has 0 saturated heterocycles. The molecule has 0 spiro atoms. The Morgan fingerprint density at radius 2 is 1.52 bits per heavy atom. The van der Waals surface area contributed by atoms with Crippen LogP contribution in [0.5, 0.6) is 5.75 Å². The maximum atomic E-state index is 12.6. The van der Waals surface area contributed by atoms with E-state index in [-0.39, 0.29) is 16.3 Å². The van der Waals surface area contributed by atoms with Crippen molar-refractivity contribution in [2.45, 2.75) is 31.5 Å². The molecule has 0 unspecified atom stereocenters. The third-order valence-electron chi connectivity index (χ3n) is 3.75. The Bertz CT molecular complexity index is 1010. The molecule has 144 valence electrons. The summed E-state index contributed by atoms with van der Waals surface area (Å²) in [6, 6.07) is 7.06. The number of hydrogen-bond donors (Lipinski definition) is 0. The summed E-state index contributed by atoms with van der Waals surface area (Å²) >= 11 is 0. The molecule has 0 aliphatic heterocycles. The van der Waals surface area contributed by atoms with Gasteiger partial charge in [-0.25, -0.2) is 0 Å². The highest BCUT2D eigenvalue weighted by Gasteiger charge is 2.32. The number of rotatable bonds is 6. The van der Waals surface area contributed by atoms with Crippen LogP contribution in [0.3, 0.4) is 0 Å². The van der Waals surface area contributed by atoms with Gasteiger partial charge in [-0.15, -0.1) is 0 Å². The Balaban J connectivity index is 2.61.